The van der Waals surface area contributed by atoms with Crippen molar-refractivity contribution in [2.45, 2.75) is 44.3 Å². The highest BCUT2D eigenvalue weighted by Gasteiger charge is 2.16. The van der Waals surface area contributed by atoms with Crippen LogP contribution >= 0.6 is 0 Å². The predicted molar refractivity (Wildman–Crippen MR) is 80.4 cm³/mol. The van der Waals surface area contributed by atoms with Gasteiger partial charge in [-0.15, -0.1) is 0 Å². The van der Waals surface area contributed by atoms with Gasteiger partial charge in [0.2, 0.25) is 0 Å². The summed E-state index contributed by atoms with van der Waals surface area (Å²) in [7, 11) is 0. The molecule has 0 bridgehead atoms. The third-order valence-electron chi connectivity index (χ3n) is 3.33. The number of carboxylic acid groups (broad SMARTS) is 1. The van der Waals surface area contributed by atoms with Gasteiger partial charge < -0.3 is 21.9 Å². The Balaban J connectivity index is 2.37. The lowest BCUT2D eigenvalue weighted by atomic mass is 10.0. The minimum Gasteiger partial charge on any atom is -0.480 e. The summed E-state index contributed by atoms with van der Waals surface area (Å²) in [6.07, 6.45) is 2.02. The van der Waals surface area contributed by atoms with Crippen molar-refractivity contribution in [3.63, 3.8) is 0 Å². The minimum atomic E-state index is -0.960. The summed E-state index contributed by atoms with van der Waals surface area (Å²) in [5.74, 6) is -0.960. The Labute approximate surface area is 120 Å². The molecular weight excluding hydrogens is 254 g/mol. The Hall–Kier alpha value is -1.43. The number of nitrogens with two attached hydrogens (primary N) is 2. The highest BCUT2D eigenvalue weighted by molar-refractivity contribution is 5.72. The molecule has 3 atom stereocenters. The van der Waals surface area contributed by atoms with Gasteiger partial charge in [0.1, 0.15) is 6.04 Å². The summed E-state index contributed by atoms with van der Waals surface area (Å²) in [6.45, 7) is 2.58. The van der Waals surface area contributed by atoms with Crippen LogP contribution in [-0.2, 0) is 11.2 Å². The molecule has 0 fully saturated rings. The summed E-state index contributed by atoms with van der Waals surface area (Å²) in [4.78, 5) is 10.7. The largest absolute Gasteiger partial charge is 0.480 e. The van der Waals surface area contributed by atoms with Crippen LogP contribution in [0.25, 0.3) is 0 Å². The molecule has 0 aliphatic rings. The molecule has 5 nitrogen and oxygen atoms in total. The number of hydrogen-bond donors (Lipinski definition) is 4. The van der Waals surface area contributed by atoms with E-state index in [4.69, 9.17) is 16.6 Å². The molecule has 0 heterocycles. The van der Waals surface area contributed by atoms with Gasteiger partial charge in [-0.3, -0.25) is 4.79 Å². The van der Waals surface area contributed by atoms with Gasteiger partial charge in [-0.25, -0.2) is 0 Å². The molecule has 2 unspecified atom stereocenters. The SMILES string of the molecule is CC(Cc1ccccc1)NC(CN)CC[C@H](N)C(=O)O. The molecule has 20 heavy (non-hydrogen) atoms. The average Bonchev–Trinajstić information content (AvgIpc) is 2.43. The Bertz CT molecular complexity index is 397. The van der Waals surface area contributed by atoms with Crippen molar-refractivity contribution in [3.05, 3.63) is 35.9 Å². The van der Waals surface area contributed by atoms with E-state index in [-0.39, 0.29) is 12.1 Å². The molecule has 0 aliphatic carbocycles. The monoisotopic (exact) mass is 279 g/mol. The van der Waals surface area contributed by atoms with Gasteiger partial charge in [0.05, 0.1) is 0 Å². The van der Waals surface area contributed by atoms with Crippen LogP contribution in [0.15, 0.2) is 30.3 Å². The van der Waals surface area contributed by atoms with Gasteiger partial charge in [0.15, 0.2) is 0 Å². The number of rotatable bonds is 9. The molecular formula is C15H25N3O2. The maximum absolute atomic E-state index is 10.7. The fraction of sp³-hybridized carbons (Fsp3) is 0.533. The van der Waals surface area contributed by atoms with E-state index in [0.717, 1.165) is 6.42 Å². The molecule has 0 aromatic heterocycles. The van der Waals surface area contributed by atoms with Crippen LogP contribution in [0.3, 0.4) is 0 Å². The molecule has 0 saturated heterocycles. The zero-order chi connectivity index (χ0) is 15.0. The van der Waals surface area contributed by atoms with E-state index in [2.05, 4.69) is 24.4 Å². The van der Waals surface area contributed by atoms with E-state index in [1.165, 1.54) is 5.56 Å². The van der Waals surface area contributed by atoms with Crippen molar-refractivity contribution in [2.24, 2.45) is 11.5 Å². The molecule has 0 saturated carbocycles. The predicted octanol–water partition coefficient (Wildman–Crippen LogP) is 0.727. The first-order chi connectivity index (χ1) is 9.52. The Morgan fingerprint density at radius 3 is 2.50 bits per heavy atom. The summed E-state index contributed by atoms with van der Waals surface area (Å²) in [6, 6.07) is 9.80. The highest BCUT2D eigenvalue weighted by atomic mass is 16.4. The van der Waals surface area contributed by atoms with Crippen LogP contribution in [0.4, 0.5) is 0 Å². The molecule has 5 heteroatoms. The maximum Gasteiger partial charge on any atom is 0.320 e. The van der Waals surface area contributed by atoms with E-state index < -0.39 is 12.0 Å². The summed E-state index contributed by atoms with van der Waals surface area (Å²) >= 11 is 0. The maximum atomic E-state index is 10.7. The van der Waals surface area contributed by atoms with Crippen molar-refractivity contribution in [3.8, 4) is 0 Å². The first kappa shape index (κ1) is 16.6. The smallest absolute Gasteiger partial charge is 0.320 e. The lowest BCUT2D eigenvalue weighted by Gasteiger charge is -2.23. The fourth-order valence-corrected chi connectivity index (χ4v) is 2.20. The first-order valence-electron chi connectivity index (χ1n) is 7.01. The van der Waals surface area contributed by atoms with E-state index in [1.54, 1.807) is 0 Å². The van der Waals surface area contributed by atoms with Gasteiger partial charge in [-0.2, -0.15) is 0 Å². The van der Waals surface area contributed by atoms with Crippen molar-refractivity contribution in [1.29, 1.82) is 0 Å². The number of carboxylic acids is 1. The van der Waals surface area contributed by atoms with Crippen molar-refractivity contribution in [1.82, 2.24) is 5.32 Å². The number of hydrogen-bond acceptors (Lipinski definition) is 4. The fourth-order valence-electron chi connectivity index (χ4n) is 2.20. The van der Waals surface area contributed by atoms with Crippen LogP contribution in [0.5, 0.6) is 0 Å². The number of carbonyl (C=O) groups is 1. The molecule has 1 rings (SSSR count). The second-order valence-electron chi connectivity index (χ2n) is 5.21. The van der Waals surface area contributed by atoms with Crippen molar-refractivity contribution < 1.29 is 9.90 Å². The molecule has 1 aromatic rings. The van der Waals surface area contributed by atoms with Crippen LogP contribution in [0, 0.1) is 0 Å². The first-order valence-corrected chi connectivity index (χ1v) is 7.01. The van der Waals surface area contributed by atoms with E-state index >= 15 is 0 Å². The van der Waals surface area contributed by atoms with Gasteiger partial charge in [-0.05, 0) is 31.7 Å². The third kappa shape index (κ3) is 6.14. The summed E-state index contributed by atoms with van der Waals surface area (Å²) < 4.78 is 0. The lowest BCUT2D eigenvalue weighted by Crippen LogP contribution is -2.43. The van der Waals surface area contributed by atoms with Crippen LogP contribution in [0.2, 0.25) is 0 Å². The second-order valence-corrected chi connectivity index (χ2v) is 5.21. The van der Waals surface area contributed by atoms with Crippen molar-refractivity contribution in [2.75, 3.05) is 6.54 Å². The lowest BCUT2D eigenvalue weighted by molar-refractivity contribution is -0.138. The minimum absolute atomic E-state index is 0.0964. The summed E-state index contributed by atoms with van der Waals surface area (Å²) in [5, 5.41) is 12.2. The molecule has 1 aromatic carbocycles. The van der Waals surface area contributed by atoms with Gasteiger partial charge in [0.25, 0.3) is 0 Å². The standard InChI is InChI=1S/C15H25N3O2/c1-11(9-12-5-3-2-4-6-12)18-13(10-16)7-8-14(17)15(19)20/h2-6,11,13-14,18H,7-10,16-17H2,1H3,(H,19,20)/t11?,13?,14-/m0/s1. The Morgan fingerprint density at radius 2 is 1.95 bits per heavy atom. The molecule has 6 N–H and O–H groups in total. The molecule has 0 amide bonds. The van der Waals surface area contributed by atoms with Gasteiger partial charge in [-0.1, -0.05) is 30.3 Å². The highest BCUT2D eigenvalue weighted by Crippen LogP contribution is 2.06. The van der Waals surface area contributed by atoms with Gasteiger partial charge >= 0.3 is 5.97 Å². The number of aliphatic carboxylic acids is 1. The van der Waals surface area contributed by atoms with E-state index in [9.17, 15) is 4.79 Å². The normalized spacial score (nSPS) is 15.6. The zero-order valence-corrected chi connectivity index (χ0v) is 12.0. The Kier molecular flexibility index (Phi) is 7.22. The van der Waals surface area contributed by atoms with Crippen molar-refractivity contribution >= 4 is 5.97 Å². The average molecular weight is 279 g/mol. The van der Waals surface area contributed by atoms with Crippen LogP contribution in [-0.4, -0.2) is 35.7 Å². The second kappa shape index (κ2) is 8.68. The summed E-state index contributed by atoms with van der Waals surface area (Å²) in [5.41, 5.74) is 12.5. The number of benzene rings is 1. The molecule has 0 aliphatic heterocycles. The quantitative estimate of drug-likeness (QED) is 0.534. The number of nitrogens with one attached hydrogen (secondary N) is 1. The van der Waals surface area contributed by atoms with Crippen LogP contribution < -0.4 is 16.8 Å². The molecule has 0 radical (unpaired) electrons. The Morgan fingerprint density at radius 1 is 1.30 bits per heavy atom. The van der Waals surface area contributed by atoms with Gasteiger partial charge in [0, 0.05) is 18.6 Å². The molecule has 112 valence electrons. The van der Waals surface area contributed by atoms with E-state index in [0.29, 0.717) is 19.4 Å². The van der Waals surface area contributed by atoms with E-state index in [1.807, 2.05) is 18.2 Å². The molecule has 0 spiro atoms. The third-order valence-corrected chi connectivity index (χ3v) is 3.33. The zero-order valence-electron chi connectivity index (χ0n) is 12.0. The topological polar surface area (TPSA) is 101 Å². The van der Waals surface area contributed by atoms with Crippen LogP contribution in [0.1, 0.15) is 25.3 Å².